The highest BCUT2D eigenvalue weighted by atomic mass is 32.1. The van der Waals surface area contributed by atoms with Crippen molar-refractivity contribution >= 4 is 46.4 Å². The molecule has 2 aromatic rings. The Kier molecular flexibility index (Phi) is 10.4. The lowest BCUT2D eigenvalue weighted by Gasteiger charge is -2.25. The van der Waals surface area contributed by atoms with E-state index >= 15 is 0 Å². The van der Waals surface area contributed by atoms with Crippen LogP contribution in [0.25, 0.3) is 0 Å². The number of carbonyl (C=O) groups excluding carboxylic acids is 3. The Morgan fingerprint density at radius 2 is 1.80 bits per heavy atom. The number of ether oxygens (including phenoxy) is 1. The van der Waals surface area contributed by atoms with E-state index in [0.717, 1.165) is 32.4 Å². The predicted octanol–water partition coefficient (Wildman–Crippen LogP) is 3.45. The van der Waals surface area contributed by atoms with E-state index in [1.165, 1.54) is 29.2 Å². The minimum atomic E-state index is -0.829. The van der Waals surface area contributed by atoms with E-state index in [2.05, 4.69) is 16.0 Å². The zero-order chi connectivity index (χ0) is 28.5. The van der Waals surface area contributed by atoms with E-state index in [4.69, 9.17) is 17.0 Å². The molecule has 0 radical (unpaired) electrons. The number of benzene rings is 2. The smallest absolute Gasteiger partial charge is 0.256 e. The van der Waals surface area contributed by atoms with E-state index in [-0.39, 0.29) is 35.2 Å². The van der Waals surface area contributed by atoms with Gasteiger partial charge in [0.1, 0.15) is 17.6 Å². The van der Waals surface area contributed by atoms with Gasteiger partial charge in [0, 0.05) is 24.7 Å². The number of thiocarbonyl (C=S) groups is 1. The van der Waals surface area contributed by atoms with Gasteiger partial charge < -0.3 is 25.6 Å². The molecule has 2 saturated heterocycles. The molecular weight excluding hydrogens is 533 g/mol. The molecule has 0 aliphatic carbocycles. The fraction of sp³-hybridized carbons (Fsp3) is 0.448. The van der Waals surface area contributed by atoms with Crippen molar-refractivity contribution in [3.63, 3.8) is 0 Å². The van der Waals surface area contributed by atoms with Crippen molar-refractivity contribution in [2.75, 3.05) is 43.0 Å². The van der Waals surface area contributed by atoms with Crippen LogP contribution < -0.4 is 25.6 Å². The van der Waals surface area contributed by atoms with Crippen LogP contribution in [0.5, 0.6) is 5.75 Å². The molecule has 1 atom stereocenters. The van der Waals surface area contributed by atoms with Gasteiger partial charge in [-0.25, -0.2) is 4.39 Å². The lowest BCUT2D eigenvalue weighted by atomic mass is 9.97. The molecule has 0 saturated carbocycles. The van der Waals surface area contributed by atoms with Crippen LogP contribution in [0.2, 0.25) is 0 Å². The number of halogens is 1. The monoisotopic (exact) mass is 569 g/mol. The van der Waals surface area contributed by atoms with Crippen LogP contribution >= 0.6 is 12.2 Å². The number of nitrogens with zero attached hydrogens (tertiary/aromatic N) is 2. The summed E-state index contributed by atoms with van der Waals surface area (Å²) >= 11 is 5.66. The zero-order valence-electron chi connectivity index (χ0n) is 22.7. The van der Waals surface area contributed by atoms with Crippen molar-refractivity contribution in [1.82, 2.24) is 15.5 Å². The third-order valence-corrected chi connectivity index (χ3v) is 7.40. The fourth-order valence-electron chi connectivity index (χ4n) is 4.85. The summed E-state index contributed by atoms with van der Waals surface area (Å²) in [5.41, 5.74) is 1.02. The highest BCUT2D eigenvalue weighted by molar-refractivity contribution is 7.80. The lowest BCUT2D eigenvalue weighted by molar-refractivity contribution is -0.125. The Bertz CT molecular complexity index is 1190. The molecule has 2 fully saturated rings. The second-order valence-corrected chi connectivity index (χ2v) is 10.3. The van der Waals surface area contributed by atoms with E-state index in [1.807, 2.05) is 6.92 Å². The van der Waals surface area contributed by atoms with Crippen molar-refractivity contribution in [2.45, 2.75) is 45.1 Å². The largest absolute Gasteiger partial charge is 0.494 e. The molecule has 3 amide bonds. The first-order valence-corrected chi connectivity index (χ1v) is 14.2. The Morgan fingerprint density at radius 3 is 2.48 bits per heavy atom. The topological polar surface area (TPSA) is 103 Å². The van der Waals surface area contributed by atoms with Crippen LogP contribution in [0.1, 0.15) is 39.0 Å². The maximum absolute atomic E-state index is 13.5. The minimum Gasteiger partial charge on any atom is -0.494 e. The van der Waals surface area contributed by atoms with Gasteiger partial charge in [-0.05, 0) is 99.5 Å². The van der Waals surface area contributed by atoms with Crippen molar-refractivity contribution < 1.29 is 23.5 Å². The molecule has 0 aromatic heterocycles. The summed E-state index contributed by atoms with van der Waals surface area (Å²) in [5, 5.41) is 9.33. The molecule has 11 heteroatoms. The van der Waals surface area contributed by atoms with Gasteiger partial charge in [0.2, 0.25) is 11.8 Å². The lowest BCUT2D eigenvalue weighted by Crippen LogP contribution is -2.41. The quantitative estimate of drug-likeness (QED) is 0.266. The Balaban J connectivity index is 1.40. The van der Waals surface area contributed by atoms with Crippen molar-refractivity contribution in [1.29, 1.82) is 0 Å². The summed E-state index contributed by atoms with van der Waals surface area (Å²) in [6.07, 6.45) is 2.94. The molecule has 2 heterocycles. The van der Waals surface area contributed by atoms with Crippen LogP contribution in [0.4, 0.5) is 15.8 Å². The third-order valence-electron chi connectivity index (χ3n) is 6.98. The summed E-state index contributed by atoms with van der Waals surface area (Å²) in [6, 6.07) is 11.7. The van der Waals surface area contributed by atoms with E-state index in [9.17, 15) is 18.8 Å². The number of hydrogen-bond donors (Lipinski definition) is 3. The summed E-state index contributed by atoms with van der Waals surface area (Å²) in [6.45, 7) is 5.10. The highest BCUT2D eigenvalue weighted by Gasteiger charge is 2.43. The maximum atomic E-state index is 13.5. The van der Waals surface area contributed by atoms with Gasteiger partial charge in [-0.1, -0.05) is 6.92 Å². The third kappa shape index (κ3) is 7.54. The molecule has 1 unspecified atom stereocenters. The second-order valence-electron chi connectivity index (χ2n) is 9.94. The first-order chi connectivity index (χ1) is 19.4. The number of rotatable bonds is 12. The molecule has 0 spiro atoms. The number of anilines is 2. The summed E-state index contributed by atoms with van der Waals surface area (Å²) in [7, 11) is 0. The normalized spacial score (nSPS) is 17.7. The van der Waals surface area contributed by atoms with Crippen molar-refractivity contribution in [2.24, 2.45) is 5.92 Å². The number of nitrogens with one attached hydrogen (secondary N) is 3. The standard InChI is InChI=1S/C29H36FN5O4S/c1-2-18-39-24-10-6-22(7-11-24)33-26(36)19-25-28(38)35(23-8-4-21(30)5-9-23)29(40)34(25)17-3-14-32-27(37)20-12-15-31-16-13-20/h4-11,20,25,31H,2-3,12-19H2,1H3,(H,32,37)(H,33,36). The van der Waals surface area contributed by atoms with Crippen LogP contribution in [-0.2, 0) is 14.4 Å². The molecular formula is C29H36FN5O4S. The SMILES string of the molecule is CCCOc1ccc(NC(=O)CC2C(=O)N(c3ccc(F)cc3)C(=S)N2CCCNC(=O)C2CCNCC2)cc1. The maximum Gasteiger partial charge on any atom is 0.256 e. The Labute approximate surface area is 239 Å². The molecule has 2 aliphatic heterocycles. The molecule has 9 nitrogen and oxygen atoms in total. The molecule has 3 N–H and O–H groups in total. The average molecular weight is 570 g/mol. The van der Waals surface area contributed by atoms with Gasteiger partial charge in [-0.2, -0.15) is 0 Å². The minimum absolute atomic E-state index is 0.00776. The predicted molar refractivity (Wildman–Crippen MR) is 156 cm³/mol. The van der Waals surface area contributed by atoms with Crippen molar-refractivity contribution in [3.05, 3.63) is 54.3 Å². The highest BCUT2D eigenvalue weighted by Crippen LogP contribution is 2.28. The van der Waals surface area contributed by atoms with Gasteiger partial charge in [0.05, 0.1) is 18.7 Å². The average Bonchev–Trinajstić information content (AvgIpc) is 3.19. The molecule has 2 aromatic carbocycles. The number of amides is 3. The summed E-state index contributed by atoms with van der Waals surface area (Å²) in [4.78, 5) is 42.1. The first-order valence-electron chi connectivity index (χ1n) is 13.8. The molecule has 0 bridgehead atoms. The molecule has 2 aliphatic rings. The molecule has 214 valence electrons. The van der Waals surface area contributed by atoms with E-state index in [0.29, 0.717) is 43.2 Å². The second kappa shape index (κ2) is 14.2. The number of carbonyl (C=O) groups is 3. The van der Waals surface area contributed by atoms with Crippen LogP contribution in [0, 0.1) is 11.7 Å². The Hall–Kier alpha value is -3.57. The van der Waals surface area contributed by atoms with Gasteiger partial charge in [0.25, 0.3) is 5.91 Å². The van der Waals surface area contributed by atoms with Crippen molar-refractivity contribution in [3.8, 4) is 5.75 Å². The summed E-state index contributed by atoms with van der Waals surface area (Å²) < 4.78 is 19.1. The van der Waals surface area contributed by atoms with E-state index in [1.54, 1.807) is 29.2 Å². The fourth-order valence-corrected chi connectivity index (χ4v) is 5.26. The van der Waals surface area contributed by atoms with Crippen LogP contribution in [0.15, 0.2) is 48.5 Å². The zero-order valence-corrected chi connectivity index (χ0v) is 23.5. The number of hydrogen-bond acceptors (Lipinski definition) is 6. The van der Waals surface area contributed by atoms with Gasteiger partial charge in [-0.3, -0.25) is 19.3 Å². The van der Waals surface area contributed by atoms with Crippen LogP contribution in [-0.4, -0.2) is 66.6 Å². The van der Waals surface area contributed by atoms with Gasteiger partial charge in [-0.15, -0.1) is 0 Å². The molecule has 4 rings (SSSR count). The number of piperidine rings is 1. The van der Waals surface area contributed by atoms with Crippen LogP contribution in [0.3, 0.4) is 0 Å². The Morgan fingerprint density at radius 1 is 1.10 bits per heavy atom. The molecule has 40 heavy (non-hydrogen) atoms. The first kappa shape index (κ1) is 29.4. The van der Waals surface area contributed by atoms with Gasteiger partial charge >= 0.3 is 0 Å². The van der Waals surface area contributed by atoms with Gasteiger partial charge in [0.15, 0.2) is 5.11 Å². The van der Waals surface area contributed by atoms with E-state index < -0.39 is 11.9 Å². The summed E-state index contributed by atoms with van der Waals surface area (Å²) in [5.74, 6) is -0.360.